The van der Waals surface area contributed by atoms with Gasteiger partial charge >= 0.3 is 12.3 Å². The molecule has 2 atom stereocenters. The van der Waals surface area contributed by atoms with E-state index in [1.54, 1.807) is 32.9 Å². The fourth-order valence-electron chi connectivity index (χ4n) is 5.64. The highest BCUT2D eigenvalue weighted by molar-refractivity contribution is 5.73. The number of unbranched alkanes of at least 4 members (excludes halogenated alkanes) is 2. The largest absolute Gasteiger partial charge is 0.444 e. The lowest BCUT2D eigenvalue weighted by Crippen LogP contribution is -2.49. The predicted molar refractivity (Wildman–Crippen MR) is 198 cm³/mol. The van der Waals surface area contributed by atoms with Gasteiger partial charge in [-0.25, -0.2) is 9.18 Å². The third-order valence-electron chi connectivity index (χ3n) is 8.15. The monoisotopic (exact) mass is 714 g/mol. The van der Waals surface area contributed by atoms with Crippen LogP contribution in [-0.2, 0) is 23.9 Å². The first-order valence-electron chi connectivity index (χ1n) is 17.5. The van der Waals surface area contributed by atoms with Crippen molar-refractivity contribution in [2.45, 2.75) is 104 Å². The summed E-state index contributed by atoms with van der Waals surface area (Å²) in [5.41, 5.74) is 0.879. The van der Waals surface area contributed by atoms with E-state index < -0.39 is 41.4 Å². The summed E-state index contributed by atoms with van der Waals surface area (Å²) in [6.45, 7) is 15.4. The number of carbonyl (C=O) groups excluding carboxylic acids is 1. The molecule has 0 aliphatic rings. The second-order valence-electron chi connectivity index (χ2n) is 14.3. The maximum absolute atomic E-state index is 16.3. The Morgan fingerprint density at radius 2 is 1.65 bits per heavy atom. The molecule has 0 spiro atoms. The normalized spacial score (nSPS) is 13.0. The Labute approximate surface area is 300 Å². The Bertz CT molecular complexity index is 1570. The molecule has 0 aliphatic heterocycles. The van der Waals surface area contributed by atoms with Gasteiger partial charge in [0.1, 0.15) is 5.60 Å². The highest BCUT2D eigenvalue weighted by Gasteiger charge is 2.32. The zero-order valence-electron chi connectivity index (χ0n) is 30.9. The maximum Gasteiger partial charge on any atom is 0.416 e. The van der Waals surface area contributed by atoms with Crippen molar-refractivity contribution in [2.75, 3.05) is 30.4 Å². The minimum absolute atomic E-state index is 0.0751. The summed E-state index contributed by atoms with van der Waals surface area (Å²) in [7, 11) is 1.85. The summed E-state index contributed by atoms with van der Waals surface area (Å²) < 4.78 is 62.5. The number of benzene rings is 3. The average Bonchev–Trinajstić information content (AvgIpc) is 3.04. The fraction of sp³-hybridized carbons (Fsp3) is 0.475. The molecule has 0 aliphatic carbocycles. The Hall–Kier alpha value is -4.25. The SMILES string of the molecule is C=C(NC(Cc1ccccc1)C(O)CN(Cc1cccc(C(F)(F)F)c1)C(=O)OC(C)(C)C)c1cc(NC(C)C)cc(N(C)CCCCC)c1F. The molecule has 2 unspecified atom stereocenters. The van der Waals surface area contributed by atoms with Crippen LogP contribution in [-0.4, -0.2) is 60.0 Å². The molecule has 1 amide bonds. The van der Waals surface area contributed by atoms with Gasteiger partial charge in [0, 0.05) is 43.1 Å². The molecule has 280 valence electrons. The van der Waals surface area contributed by atoms with Crippen molar-refractivity contribution in [1.82, 2.24) is 10.2 Å². The molecule has 51 heavy (non-hydrogen) atoms. The van der Waals surface area contributed by atoms with Crippen molar-refractivity contribution in [3.05, 3.63) is 101 Å². The fourth-order valence-corrected chi connectivity index (χ4v) is 5.64. The number of ether oxygens (including phenoxy) is 1. The smallest absolute Gasteiger partial charge is 0.416 e. The molecular weight excluding hydrogens is 660 g/mol. The van der Waals surface area contributed by atoms with Crippen molar-refractivity contribution in [3.63, 3.8) is 0 Å². The van der Waals surface area contributed by atoms with Gasteiger partial charge in [0.2, 0.25) is 0 Å². The second kappa shape index (κ2) is 18.3. The van der Waals surface area contributed by atoms with E-state index in [2.05, 4.69) is 24.1 Å². The van der Waals surface area contributed by atoms with Crippen LogP contribution in [0.3, 0.4) is 0 Å². The van der Waals surface area contributed by atoms with Crippen LogP contribution in [0.1, 0.15) is 83.1 Å². The topological polar surface area (TPSA) is 77.1 Å². The van der Waals surface area contributed by atoms with E-state index in [1.165, 1.54) is 17.0 Å². The molecule has 3 rings (SSSR count). The molecule has 0 aromatic heterocycles. The minimum Gasteiger partial charge on any atom is -0.444 e. The number of amides is 1. The van der Waals surface area contributed by atoms with Crippen molar-refractivity contribution in [2.24, 2.45) is 0 Å². The Morgan fingerprint density at radius 3 is 2.25 bits per heavy atom. The number of rotatable bonds is 17. The van der Waals surface area contributed by atoms with Crippen molar-refractivity contribution < 1.29 is 32.2 Å². The third kappa shape index (κ3) is 13.1. The van der Waals surface area contributed by atoms with Crippen LogP contribution in [0.4, 0.5) is 33.7 Å². The van der Waals surface area contributed by atoms with Crippen LogP contribution in [0.2, 0.25) is 0 Å². The molecule has 0 radical (unpaired) electrons. The van der Waals surface area contributed by atoms with Crippen molar-refractivity contribution >= 4 is 23.2 Å². The van der Waals surface area contributed by atoms with E-state index in [1.807, 2.05) is 56.1 Å². The Balaban J connectivity index is 1.99. The van der Waals surface area contributed by atoms with E-state index >= 15 is 4.39 Å². The molecule has 0 saturated heterocycles. The van der Waals surface area contributed by atoms with Crippen LogP contribution < -0.4 is 15.5 Å². The van der Waals surface area contributed by atoms with Crippen LogP contribution in [0.25, 0.3) is 5.70 Å². The van der Waals surface area contributed by atoms with Crippen LogP contribution >= 0.6 is 0 Å². The summed E-state index contributed by atoms with van der Waals surface area (Å²) >= 11 is 0. The first-order chi connectivity index (χ1) is 23.9. The lowest BCUT2D eigenvalue weighted by Gasteiger charge is -2.33. The highest BCUT2D eigenvalue weighted by Crippen LogP contribution is 2.32. The number of halogens is 4. The van der Waals surface area contributed by atoms with Gasteiger partial charge in [0.15, 0.2) is 5.82 Å². The number of anilines is 2. The molecule has 0 bridgehead atoms. The second-order valence-corrected chi connectivity index (χ2v) is 14.3. The lowest BCUT2D eigenvalue weighted by molar-refractivity contribution is -0.137. The van der Waals surface area contributed by atoms with Gasteiger partial charge in [-0.05, 0) is 82.9 Å². The summed E-state index contributed by atoms with van der Waals surface area (Å²) in [5, 5.41) is 18.4. The van der Waals surface area contributed by atoms with E-state index in [-0.39, 0.29) is 42.4 Å². The zero-order chi connectivity index (χ0) is 37.9. The molecule has 0 saturated carbocycles. The quantitative estimate of drug-likeness (QED) is 0.0957. The molecule has 11 heteroatoms. The Morgan fingerprint density at radius 1 is 0.980 bits per heavy atom. The number of carbonyl (C=O) groups is 1. The van der Waals surface area contributed by atoms with Gasteiger partial charge in [-0.2, -0.15) is 13.2 Å². The molecule has 3 aromatic rings. The molecule has 3 N–H and O–H groups in total. The molecule has 7 nitrogen and oxygen atoms in total. The predicted octanol–water partition coefficient (Wildman–Crippen LogP) is 9.26. The van der Waals surface area contributed by atoms with E-state index in [9.17, 15) is 23.1 Å². The zero-order valence-corrected chi connectivity index (χ0v) is 30.9. The first-order valence-corrected chi connectivity index (χ1v) is 17.5. The van der Waals surface area contributed by atoms with Crippen LogP contribution in [0, 0.1) is 5.82 Å². The van der Waals surface area contributed by atoms with E-state index in [0.717, 1.165) is 37.0 Å². The van der Waals surface area contributed by atoms with E-state index in [0.29, 0.717) is 17.9 Å². The number of nitrogens with zero attached hydrogens (tertiary/aromatic N) is 2. The van der Waals surface area contributed by atoms with Gasteiger partial charge in [-0.3, -0.25) is 0 Å². The molecular formula is C40H54F4N4O3. The van der Waals surface area contributed by atoms with Crippen molar-refractivity contribution in [1.29, 1.82) is 0 Å². The maximum atomic E-state index is 16.3. The number of nitrogens with one attached hydrogen (secondary N) is 2. The number of alkyl halides is 3. The van der Waals surface area contributed by atoms with Crippen LogP contribution in [0.5, 0.6) is 0 Å². The molecule has 3 aromatic carbocycles. The van der Waals surface area contributed by atoms with Crippen molar-refractivity contribution in [3.8, 4) is 0 Å². The standard InChI is InChI=1S/C40H54F4N4O3/c1-9-10-14-20-47(8)35-24-32(45-27(2)3)23-33(37(35)41)28(4)46-34(22-29-16-12-11-13-17-29)36(49)26-48(38(50)51-39(5,6)7)25-30-18-15-19-31(21-30)40(42,43)44/h11-13,15-19,21,23-24,27,34,36,45-46,49H,4,9-10,14,20,22,25-26H2,1-3,5-8H3. The number of aliphatic hydroxyl groups excluding tert-OH is 1. The molecule has 0 fully saturated rings. The van der Waals surface area contributed by atoms with Gasteiger partial charge in [-0.1, -0.05) is 68.8 Å². The summed E-state index contributed by atoms with van der Waals surface area (Å²) in [6, 6.07) is 16.8. The lowest BCUT2D eigenvalue weighted by atomic mass is 9.99. The summed E-state index contributed by atoms with van der Waals surface area (Å²) in [6.07, 6.45) is -3.43. The Kier molecular flexibility index (Phi) is 14.8. The minimum atomic E-state index is -4.57. The third-order valence-corrected chi connectivity index (χ3v) is 8.15. The average molecular weight is 715 g/mol. The van der Waals surface area contributed by atoms with Crippen LogP contribution in [0.15, 0.2) is 73.3 Å². The number of hydrogen-bond donors (Lipinski definition) is 3. The van der Waals surface area contributed by atoms with Gasteiger partial charge in [0.25, 0.3) is 0 Å². The summed E-state index contributed by atoms with van der Waals surface area (Å²) in [4.78, 5) is 16.5. The number of aliphatic hydroxyl groups is 1. The number of hydrogen-bond acceptors (Lipinski definition) is 6. The van der Waals surface area contributed by atoms with E-state index in [4.69, 9.17) is 4.74 Å². The first kappa shape index (κ1) is 41.2. The molecule has 0 heterocycles. The highest BCUT2D eigenvalue weighted by atomic mass is 19.4. The van der Waals surface area contributed by atoms with Gasteiger partial charge < -0.3 is 30.3 Å². The summed E-state index contributed by atoms with van der Waals surface area (Å²) in [5.74, 6) is -0.464. The van der Waals surface area contributed by atoms with Gasteiger partial charge in [-0.15, -0.1) is 0 Å². The van der Waals surface area contributed by atoms with Gasteiger partial charge in [0.05, 0.1) is 29.9 Å².